The van der Waals surface area contributed by atoms with E-state index in [2.05, 4.69) is 66.6 Å². The summed E-state index contributed by atoms with van der Waals surface area (Å²) in [6.07, 6.45) is 0.978. The number of carbonyl (C=O) groups is 4. The topological polar surface area (TPSA) is 178 Å². The van der Waals surface area contributed by atoms with E-state index in [0.29, 0.717) is 43.4 Å². The molecule has 1 fully saturated rings. The Morgan fingerprint density at radius 2 is 1.46 bits per heavy atom. The molecule has 1 saturated heterocycles. The number of ether oxygens (including phenoxy) is 2. The van der Waals surface area contributed by atoms with Crippen molar-refractivity contribution < 1.29 is 28.7 Å². The van der Waals surface area contributed by atoms with Crippen molar-refractivity contribution in [1.82, 2.24) is 40.4 Å². The average molecular weight is 800 g/mol. The molecule has 4 N–H and O–H groups in total. The van der Waals surface area contributed by atoms with Crippen molar-refractivity contribution in [2.24, 2.45) is 0 Å². The first kappa shape index (κ1) is 40.3. The summed E-state index contributed by atoms with van der Waals surface area (Å²) in [5.74, 6) is 0.925. The Morgan fingerprint density at radius 1 is 0.814 bits per heavy atom. The number of rotatable bonds is 15. The van der Waals surface area contributed by atoms with Crippen molar-refractivity contribution in [2.75, 3.05) is 38.8 Å². The number of methoxy groups -OCH3 is 2. The van der Waals surface area contributed by atoms with Gasteiger partial charge in [0.2, 0.25) is 5.91 Å². The molecular formula is C44H49N9O6. The van der Waals surface area contributed by atoms with Gasteiger partial charge in [0.15, 0.2) is 0 Å². The molecule has 0 radical (unpaired) electrons. The molecular weight excluding hydrogens is 751 g/mol. The maximum Gasteiger partial charge on any atom is 0.407 e. The highest BCUT2D eigenvalue weighted by atomic mass is 16.5. The number of aromatic amines is 2. The van der Waals surface area contributed by atoms with Crippen molar-refractivity contribution in [2.45, 2.75) is 57.9 Å². The lowest BCUT2D eigenvalue weighted by molar-refractivity contribution is -0.134. The molecule has 3 heterocycles. The number of fused-ring (bicyclic) bond motifs is 2. The molecule has 59 heavy (non-hydrogen) atoms. The Balaban J connectivity index is 1.08. The van der Waals surface area contributed by atoms with Crippen LogP contribution >= 0.6 is 0 Å². The van der Waals surface area contributed by atoms with Gasteiger partial charge in [0.25, 0.3) is 5.91 Å². The van der Waals surface area contributed by atoms with E-state index in [1.807, 2.05) is 67.6 Å². The second-order valence-electron chi connectivity index (χ2n) is 14.5. The zero-order chi connectivity index (χ0) is 41.3. The van der Waals surface area contributed by atoms with Crippen LogP contribution in [0.5, 0.6) is 0 Å². The normalized spacial score (nSPS) is 14.2. The largest absolute Gasteiger partial charge is 0.453 e. The Kier molecular flexibility index (Phi) is 12.7. The third-order valence-electron chi connectivity index (χ3n) is 10.5. The number of carbonyl (C=O) groups excluding carboxylic acids is 4. The smallest absolute Gasteiger partial charge is 0.407 e. The monoisotopic (exact) mass is 799 g/mol. The van der Waals surface area contributed by atoms with Crippen molar-refractivity contribution in [3.05, 3.63) is 125 Å². The number of imidazole rings is 2. The second-order valence-corrected chi connectivity index (χ2v) is 14.5. The summed E-state index contributed by atoms with van der Waals surface area (Å²) in [5.41, 5.74) is 7.23. The number of likely N-dealkylation sites (tertiary alicyclic amines) is 1. The van der Waals surface area contributed by atoms with Crippen molar-refractivity contribution >= 4 is 51.8 Å². The number of nitrogens with zero attached hydrogens (tertiary/aromatic N) is 5. The molecule has 2 atom stereocenters. The highest BCUT2D eigenvalue weighted by molar-refractivity contribution is 5.88. The van der Waals surface area contributed by atoms with Gasteiger partial charge in [-0.05, 0) is 72.4 Å². The fourth-order valence-corrected chi connectivity index (χ4v) is 7.60. The van der Waals surface area contributed by atoms with Crippen LogP contribution < -0.4 is 15.5 Å². The molecule has 15 nitrogen and oxygen atoms in total. The number of hydrogen-bond acceptors (Lipinski definition) is 9. The first-order chi connectivity index (χ1) is 28.7. The van der Waals surface area contributed by atoms with Crippen molar-refractivity contribution in [3.63, 3.8) is 0 Å². The number of amides is 4. The lowest BCUT2D eigenvalue weighted by atomic mass is 10.1. The Bertz CT molecular complexity index is 2400. The number of alkyl carbamates (subject to hydrolysis) is 2. The van der Waals surface area contributed by atoms with Crippen LogP contribution in [-0.4, -0.2) is 87.6 Å². The molecule has 7 rings (SSSR count). The van der Waals surface area contributed by atoms with Gasteiger partial charge in [-0.1, -0.05) is 67.6 Å². The van der Waals surface area contributed by atoms with Crippen LogP contribution in [0.1, 0.15) is 66.6 Å². The minimum Gasteiger partial charge on any atom is -0.453 e. The van der Waals surface area contributed by atoms with Crippen LogP contribution in [0.2, 0.25) is 0 Å². The molecule has 0 spiro atoms. The van der Waals surface area contributed by atoms with Gasteiger partial charge in [-0.25, -0.2) is 19.6 Å². The number of aromatic nitrogens is 4. The zero-order valence-corrected chi connectivity index (χ0v) is 33.4. The predicted molar refractivity (Wildman–Crippen MR) is 223 cm³/mol. The summed E-state index contributed by atoms with van der Waals surface area (Å²) in [4.78, 5) is 73.2. The summed E-state index contributed by atoms with van der Waals surface area (Å²) in [6.45, 7) is 4.40. The van der Waals surface area contributed by atoms with Crippen LogP contribution in [0.25, 0.3) is 22.1 Å². The Hall–Kier alpha value is -6.90. The lowest BCUT2D eigenvalue weighted by Gasteiger charge is -2.28. The third-order valence-corrected chi connectivity index (χ3v) is 10.5. The third kappa shape index (κ3) is 9.63. The van der Waals surface area contributed by atoms with Crippen LogP contribution in [0.4, 0.5) is 15.3 Å². The van der Waals surface area contributed by atoms with Gasteiger partial charge in [-0.15, -0.1) is 0 Å². The number of nitrogens with one attached hydrogen (secondary N) is 4. The summed E-state index contributed by atoms with van der Waals surface area (Å²) in [7, 11) is 2.54. The molecule has 15 heteroatoms. The van der Waals surface area contributed by atoms with Gasteiger partial charge in [0, 0.05) is 31.9 Å². The first-order valence-electron chi connectivity index (χ1n) is 19.8. The highest BCUT2D eigenvalue weighted by Crippen LogP contribution is 2.34. The van der Waals surface area contributed by atoms with Gasteiger partial charge in [-0.3, -0.25) is 9.59 Å². The van der Waals surface area contributed by atoms with E-state index in [1.165, 1.54) is 14.2 Å². The number of para-hydroxylation sites is 1. The maximum absolute atomic E-state index is 14.0. The zero-order valence-electron chi connectivity index (χ0n) is 33.4. The molecule has 4 amide bonds. The number of benzene rings is 4. The lowest BCUT2D eigenvalue weighted by Crippen LogP contribution is -2.42. The van der Waals surface area contributed by atoms with E-state index in [9.17, 15) is 19.2 Å². The second kappa shape index (κ2) is 18.6. The van der Waals surface area contributed by atoms with Crippen LogP contribution in [0.15, 0.2) is 97.1 Å². The maximum atomic E-state index is 14.0. The summed E-state index contributed by atoms with van der Waals surface area (Å²) >= 11 is 0. The van der Waals surface area contributed by atoms with E-state index in [4.69, 9.17) is 14.7 Å². The van der Waals surface area contributed by atoms with E-state index in [-0.39, 0.29) is 30.9 Å². The number of anilines is 1. The molecule has 306 valence electrons. The molecule has 6 aromatic rings. The summed E-state index contributed by atoms with van der Waals surface area (Å²) in [6, 6.07) is 30.6. The Morgan fingerprint density at radius 3 is 2.12 bits per heavy atom. The predicted octanol–water partition coefficient (Wildman–Crippen LogP) is 6.50. The first-order valence-corrected chi connectivity index (χ1v) is 19.8. The fraction of sp³-hybridized carbons (Fsp3) is 0.318. The average Bonchev–Trinajstić information content (AvgIpc) is 4.03. The molecule has 0 bridgehead atoms. The Labute approximate surface area is 342 Å². The SMILES string of the molecule is CCCN(Cc1nc2ccc(CN(Cc3ccc4nc(C5CCCN5C(=O)C(NC(=O)OC)c5ccccc5)[nH]c4c3)c3ccccc3)cc2[nH]1)C(=O)CNC(=O)OC. The quantitative estimate of drug-likeness (QED) is 0.0903. The van der Waals surface area contributed by atoms with Crippen LogP contribution in [0, 0.1) is 0 Å². The molecule has 0 saturated carbocycles. The van der Waals surface area contributed by atoms with Gasteiger partial charge in [-0.2, -0.15) is 0 Å². The highest BCUT2D eigenvalue weighted by Gasteiger charge is 2.37. The van der Waals surface area contributed by atoms with Crippen LogP contribution in [-0.2, 0) is 38.7 Å². The minimum atomic E-state index is -0.893. The molecule has 1 aliphatic rings. The van der Waals surface area contributed by atoms with Crippen molar-refractivity contribution in [1.29, 1.82) is 0 Å². The standard InChI is InChI=1S/C44H49N9O6/c1-4-21-51(39(54)25-45-43(56)58-2)28-38-46-33-19-17-29(23-35(33)47-38)26-52(32-14-9-6-10-15-32)27-30-18-20-34-36(24-30)49-41(48-34)37-16-11-22-53(37)42(55)40(50-44(57)59-3)31-12-7-5-8-13-31/h5-10,12-15,17-20,23-24,37,40H,4,11,16,21-22,25-28H2,1-3H3,(H,45,56)(H,46,47)(H,48,49)(H,50,57). The number of hydrogen-bond donors (Lipinski definition) is 4. The van der Waals surface area contributed by atoms with Crippen molar-refractivity contribution in [3.8, 4) is 0 Å². The van der Waals surface area contributed by atoms with E-state index in [1.54, 1.807) is 9.80 Å². The molecule has 2 aromatic heterocycles. The van der Waals surface area contributed by atoms with E-state index >= 15 is 0 Å². The van der Waals surface area contributed by atoms with E-state index < -0.39 is 18.2 Å². The minimum absolute atomic E-state index is 0.159. The molecule has 4 aromatic carbocycles. The molecule has 0 aliphatic carbocycles. The van der Waals surface area contributed by atoms with Gasteiger partial charge in [0.05, 0.1) is 48.9 Å². The summed E-state index contributed by atoms with van der Waals surface area (Å²) in [5, 5.41) is 5.19. The van der Waals surface area contributed by atoms with Crippen LogP contribution in [0.3, 0.4) is 0 Å². The molecule has 2 unspecified atom stereocenters. The fourth-order valence-electron chi connectivity index (χ4n) is 7.60. The summed E-state index contributed by atoms with van der Waals surface area (Å²) < 4.78 is 9.46. The van der Waals surface area contributed by atoms with Gasteiger partial charge in [0.1, 0.15) is 24.2 Å². The molecule has 1 aliphatic heterocycles. The number of H-pyrrole nitrogens is 2. The van der Waals surface area contributed by atoms with E-state index in [0.717, 1.165) is 58.1 Å². The van der Waals surface area contributed by atoms with Gasteiger partial charge >= 0.3 is 12.2 Å². The van der Waals surface area contributed by atoms with Gasteiger partial charge < -0.3 is 44.8 Å².